The Morgan fingerprint density at radius 2 is 2.00 bits per heavy atom. The van der Waals surface area contributed by atoms with Gasteiger partial charge in [-0.15, -0.1) is 0 Å². The molecule has 0 amide bonds. The Morgan fingerprint density at radius 3 is 2.47 bits per heavy atom. The number of rotatable bonds is 2. The zero-order valence-corrected chi connectivity index (χ0v) is 9.61. The molecule has 0 bridgehead atoms. The molecule has 0 saturated carbocycles. The highest BCUT2D eigenvalue weighted by atomic mass is 15.1. The van der Waals surface area contributed by atoms with Gasteiger partial charge in [-0.3, -0.25) is 0 Å². The maximum atomic E-state index is 5.83. The van der Waals surface area contributed by atoms with E-state index in [0.717, 1.165) is 5.92 Å². The molecule has 0 spiro atoms. The summed E-state index contributed by atoms with van der Waals surface area (Å²) in [5.41, 5.74) is 8.38. The van der Waals surface area contributed by atoms with Crippen molar-refractivity contribution in [1.29, 1.82) is 0 Å². The zero-order chi connectivity index (χ0) is 10.8. The Balaban J connectivity index is 2.10. The van der Waals surface area contributed by atoms with E-state index in [1.807, 2.05) is 6.92 Å². The average Bonchev–Trinajstić information content (AvgIpc) is 2.65. The van der Waals surface area contributed by atoms with Gasteiger partial charge in [-0.05, 0) is 37.0 Å². The summed E-state index contributed by atoms with van der Waals surface area (Å²) in [5.74, 6) is 0.832. The maximum absolute atomic E-state index is 5.83. The summed E-state index contributed by atoms with van der Waals surface area (Å²) < 4.78 is 0. The first-order valence-corrected chi connectivity index (χ1v) is 5.77. The molecule has 1 aromatic rings. The van der Waals surface area contributed by atoms with Crippen molar-refractivity contribution in [2.24, 2.45) is 11.7 Å². The Hall–Kier alpha value is -1.02. The van der Waals surface area contributed by atoms with Crippen LogP contribution in [0.15, 0.2) is 24.3 Å². The number of benzene rings is 1. The first-order chi connectivity index (χ1) is 7.16. The van der Waals surface area contributed by atoms with Crippen molar-refractivity contribution in [3.8, 4) is 0 Å². The summed E-state index contributed by atoms with van der Waals surface area (Å²) in [6, 6.07) is 8.80. The van der Waals surface area contributed by atoms with Crippen molar-refractivity contribution in [1.82, 2.24) is 0 Å². The molecule has 0 aromatic heterocycles. The van der Waals surface area contributed by atoms with Crippen LogP contribution in [0.25, 0.3) is 0 Å². The van der Waals surface area contributed by atoms with Crippen LogP contribution in [-0.4, -0.2) is 13.1 Å². The molecule has 1 aliphatic heterocycles. The average molecular weight is 204 g/mol. The molecule has 1 saturated heterocycles. The summed E-state index contributed by atoms with van der Waals surface area (Å²) in [4.78, 5) is 2.45. The lowest BCUT2D eigenvalue weighted by atomic mass is 10.1. The minimum absolute atomic E-state index is 0.136. The molecular formula is C13H20N2. The third kappa shape index (κ3) is 2.32. The highest BCUT2D eigenvalue weighted by Crippen LogP contribution is 2.24. The lowest BCUT2D eigenvalue weighted by molar-refractivity contribution is 0.659. The third-order valence-electron chi connectivity index (χ3n) is 3.21. The van der Waals surface area contributed by atoms with Gasteiger partial charge < -0.3 is 10.6 Å². The van der Waals surface area contributed by atoms with Crippen molar-refractivity contribution < 1.29 is 0 Å². The van der Waals surface area contributed by atoms with Crippen LogP contribution in [-0.2, 0) is 0 Å². The number of anilines is 1. The highest BCUT2D eigenvalue weighted by molar-refractivity contribution is 5.48. The van der Waals surface area contributed by atoms with Crippen molar-refractivity contribution >= 4 is 5.69 Å². The smallest absolute Gasteiger partial charge is 0.0366 e. The number of hydrogen-bond acceptors (Lipinski definition) is 2. The Kier molecular flexibility index (Phi) is 2.96. The Bertz CT molecular complexity index is 316. The molecule has 2 rings (SSSR count). The summed E-state index contributed by atoms with van der Waals surface area (Å²) >= 11 is 0. The van der Waals surface area contributed by atoms with Crippen molar-refractivity contribution in [2.45, 2.75) is 26.3 Å². The molecule has 2 N–H and O–H groups in total. The van der Waals surface area contributed by atoms with Crippen LogP contribution in [0.4, 0.5) is 5.69 Å². The van der Waals surface area contributed by atoms with Crippen LogP contribution in [0, 0.1) is 5.92 Å². The topological polar surface area (TPSA) is 29.3 Å². The molecule has 1 heterocycles. The minimum Gasteiger partial charge on any atom is -0.371 e. The van der Waals surface area contributed by atoms with Crippen molar-refractivity contribution in [2.75, 3.05) is 18.0 Å². The van der Waals surface area contributed by atoms with Crippen LogP contribution in [0.1, 0.15) is 31.9 Å². The van der Waals surface area contributed by atoms with Crippen LogP contribution < -0.4 is 10.6 Å². The molecule has 1 fully saturated rings. The van der Waals surface area contributed by atoms with Gasteiger partial charge in [0, 0.05) is 24.8 Å². The van der Waals surface area contributed by atoms with E-state index in [2.05, 4.69) is 36.1 Å². The second-order valence-electron chi connectivity index (χ2n) is 4.72. The van der Waals surface area contributed by atoms with E-state index in [-0.39, 0.29) is 6.04 Å². The first kappa shape index (κ1) is 10.5. The van der Waals surface area contributed by atoms with Gasteiger partial charge >= 0.3 is 0 Å². The molecule has 2 atom stereocenters. The summed E-state index contributed by atoms with van der Waals surface area (Å²) in [6.07, 6.45) is 1.31. The van der Waals surface area contributed by atoms with E-state index in [1.54, 1.807) is 0 Å². The van der Waals surface area contributed by atoms with Crippen LogP contribution in [0.5, 0.6) is 0 Å². The summed E-state index contributed by atoms with van der Waals surface area (Å²) in [7, 11) is 0. The van der Waals surface area contributed by atoms with Gasteiger partial charge in [0.25, 0.3) is 0 Å². The van der Waals surface area contributed by atoms with Crippen LogP contribution in [0.3, 0.4) is 0 Å². The normalized spacial score (nSPS) is 23.1. The fourth-order valence-corrected chi connectivity index (χ4v) is 2.16. The second-order valence-corrected chi connectivity index (χ2v) is 4.72. The van der Waals surface area contributed by atoms with Gasteiger partial charge in [0.15, 0.2) is 0 Å². The highest BCUT2D eigenvalue weighted by Gasteiger charge is 2.18. The fraction of sp³-hybridized carbons (Fsp3) is 0.538. The summed E-state index contributed by atoms with van der Waals surface area (Å²) in [5, 5.41) is 0. The van der Waals surface area contributed by atoms with Gasteiger partial charge in [0.1, 0.15) is 0 Å². The number of nitrogens with zero attached hydrogens (tertiary/aromatic N) is 1. The molecule has 1 aliphatic rings. The van der Waals surface area contributed by atoms with E-state index in [1.165, 1.54) is 30.8 Å². The number of nitrogens with two attached hydrogens (primary N) is 1. The molecule has 2 heteroatoms. The maximum Gasteiger partial charge on any atom is 0.0366 e. The molecule has 0 radical (unpaired) electrons. The molecule has 1 aromatic carbocycles. The van der Waals surface area contributed by atoms with Gasteiger partial charge in [-0.2, -0.15) is 0 Å². The fourth-order valence-electron chi connectivity index (χ4n) is 2.16. The lowest BCUT2D eigenvalue weighted by Gasteiger charge is -2.18. The van der Waals surface area contributed by atoms with Gasteiger partial charge in [-0.25, -0.2) is 0 Å². The molecule has 0 aliphatic carbocycles. The standard InChI is InChI=1S/C13H20N2/c1-10-7-8-15(9-10)13-5-3-12(4-6-13)11(2)14/h3-6,10-11H,7-9,14H2,1-2H3. The molecule has 2 nitrogen and oxygen atoms in total. The minimum atomic E-state index is 0.136. The second kappa shape index (κ2) is 4.23. The van der Waals surface area contributed by atoms with Gasteiger partial charge in [0.2, 0.25) is 0 Å². The Morgan fingerprint density at radius 1 is 1.33 bits per heavy atom. The monoisotopic (exact) mass is 204 g/mol. The van der Waals surface area contributed by atoms with Crippen molar-refractivity contribution in [3.63, 3.8) is 0 Å². The molecular weight excluding hydrogens is 184 g/mol. The van der Waals surface area contributed by atoms with Crippen molar-refractivity contribution in [3.05, 3.63) is 29.8 Å². The quantitative estimate of drug-likeness (QED) is 0.802. The molecule has 15 heavy (non-hydrogen) atoms. The van der Waals surface area contributed by atoms with E-state index < -0.39 is 0 Å². The van der Waals surface area contributed by atoms with E-state index in [0.29, 0.717) is 0 Å². The number of hydrogen-bond donors (Lipinski definition) is 1. The van der Waals surface area contributed by atoms with Crippen LogP contribution >= 0.6 is 0 Å². The largest absolute Gasteiger partial charge is 0.371 e. The predicted octanol–water partition coefficient (Wildman–Crippen LogP) is 2.55. The van der Waals surface area contributed by atoms with Gasteiger partial charge in [0.05, 0.1) is 0 Å². The summed E-state index contributed by atoms with van der Waals surface area (Å²) in [6.45, 7) is 6.72. The SMILES string of the molecule is CC1CCN(c2ccc(C(C)N)cc2)C1. The van der Waals surface area contributed by atoms with Gasteiger partial charge in [-0.1, -0.05) is 19.1 Å². The first-order valence-electron chi connectivity index (χ1n) is 5.77. The van der Waals surface area contributed by atoms with E-state index >= 15 is 0 Å². The predicted molar refractivity (Wildman–Crippen MR) is 65.0 cm³/mol. The molecule has 2 unspecified atom stereocenters. The Labute approximate surface area is 92.1 Å². The third-order valence-corrected chi connectivity index (χ3v) is 3.21. The zero-order valence-electron chi connectivity index (χ0n) is 9.61. The lowest BCUT2D eigenvalue weighted by Crippen LogP contribution is -2.19. The molecule has 82 valence electrons. The van der Waals surface area contributed by atoms with Crippen LogP contribution in [0.2, 0.25) is 0 Å². The van der Waals surface area contributed by atoms with E-state index in [4.69, 9.17) is 5.73 Å². The van der Waals surface area contributed by atoms with E-state index in [9.17, 15) is 0 Å².